The lowest BCUT2D eigenvalue weighted by atomic mass is 9.82. The third kappa shape index (κ3) is 4.67. The Labute approximate surface area is 192 Å². The SMILES string of the molecule is CCOC(=O)C1=C(F)OC(C)=C(C(=O)OCc2ccccc2)C1(Cl)c1ccc(Br)cc1. The predicted octanol–water partition coefficient (Wildman–Crippen LogP) is 5.68. The molecule has 3 rings (SSSR count). The maximum Gasteiger partial charge on any atom is 0.342 e. The van der Waals surface area contributed by atoms with Crippen molar-refractivity contribution in [2.75, 3.05) is 6.61 Å². The van der Waals surface area contributed by atoms with E-state index in [0.29, 0.717) is 0 Å². The van der Waals surface area contributed by atoms with Crippen LogP contribution in [-0.2, 0) is 35.3 Å². The molecule has 1 unspecified atom stereocenters. The number of allylic oxidation sites excluding steroid dienone is 1. The number of alkyl halides is 1. The maximum atomic E-state index is 14.9. The molecular weight excluding hydrogens is 491 g/mol. The Bertz CT molecular complexity index is 1050. The minimum absolute atomic E-state index is 0.0145. The van der Waals surface area contributed by atoms with Crippen LogP contribution >= 0.6 is 27.5 Å². The van der Waals surface area contributed by atoms with Gasteiger partial charge in [0.25, 0.3) is 6.01 Å². The molecule has 2 aromatic rings. The summed E-state index contributed by atoms with van der Waals surface area (Å²) < 4.78 is 31.2. The second kappa shape index (κ2) is 9.66. The molecule has 0 saturated carbocycles. The number of benzene rings is 2. The predicted molar refractivity (Wildman–Crippen MR) is 116 cm³/mol. The number of rotatable bonds is 6. The quantitative estimate of drug-likeness (QED) is 0.371. The van der Waals surface area contributed by atoms with E-state index < -0.39 is 28.4 Å². The molecule has 0 amide bonds. The molecule has 0 aliphatic carbocycles. The molecule has 0 bridgehead atoms. The highest BCUT2D eigenvalue weighted by molar-refractivity contribution is 9.10. The molecule has 0 fully saturated rings. The Morgan fingerprint density at radius 1 is 1.03 bits per heavy atom. The van der Waals surface area contributed by atoms with Crippen LogP contribution in [0, 0.1) is 0 Å². The number of halogens is 3. The third-order valence-corrected chi connectivity index (χ3v) is 5.74. The minimum atomic E-state index is -2.01. The molecule has 0 aromatic heterocycles. The number of carbonyl (C=O) groups excluding carboxylic acids is 2. The Balaban J connectivity index is 2.08. The normalized spacial score (nSPS) is 18.5. The van der Waals surface area contributed by atoms with Crippen LogP contribution in [0.2, 0.25) is 0 Å². The van der Waals surface area contributed by atoms with Crippen molar-refractivity contribution < 1.29 is 28.2 Å². The van der Waals surface area contributed by atoms with E-state index in [0.717, 1.165) is 10.0 Å². The fraction of sp³-hybridized carbons (Fsp3) is 0.217. The first-order valence-electron chi connectivity index (χ1n) is 9.41. The number of ether oxygens (including phenoxy) is 3. The molecule has 1 heterocycles. The minimum Gasteiger partial charge on any atom is -0.462 e. The van der Waals surface area contributed by atoms with E-state index in [-0.39, 0.29) is 30.1 Å². The monoisotopic (exact) mass is 508 g/mol. The zero-order chi connectivity index (χ0) is 22.6. The molecule has 2 aromatic carbocycles. The lowest BCUT2D eigenvalue weighted by molar-refractivity contribution is -0.141. The van der Waals surface area contributed by atoms with Gasteiger partial charge in [-0.25, -0.2) is 9.59 Å². The topological polar surface area (TPSA) is 61.8 Å². The Hall–Kier alpha value is -2.64. The first-order valence-corrected chi connectivity index (χ1v) is 10.6. The van der Waals surface area contributed by atoms with Crippen molar-refractivity contribution in [2.24, 2.45) is 0 Å². The van der Waals surface area contributed by atoms with Crippen LogP contribution in [0.15, 0.2) is 82.0 Å². The van der Waals surface area contributed by atoms with E-state index in [1.165, 1.54) is 6.92 Å². The first kappa shape index (κ1) is 23.0. The van der Waals surface area contributed by atoms with Crippen molar-refractivity contribution in [3.8, 4) is 0 Å². The van der Waals surface area contributed by atoms with E-state index in [4.69, 9.17) is 25.8 Å². The van der Waals surface area contributed by atoms with Crippen LogP contribution in [0.3, 0.4) is 0 Å². The molecule has 0 radical (unpaired) electrons. The van der Waals surface area contributed by atoms with Crippen LogP contribution in [0.25, 0.3) is 0 Å². The molecule has 162 valence electrons. The summed E-state index contributed by atoms with van der Waals surface area (Å²) in [7, 11) is 0. The molecule has 31 heavy (non-hydrogen) atoms. The van der Waals surface area contributed by atoms with Crippen molar-refractivity contribution in [3.05, 3.63) is 93.1 Å². The van der Waals surface area contributed by atoms with E-state index in [1.54, 1.807) is 43.3 Å². The summed E-state index contributed by atoms with van der Waals surface area (Å²) in [6.45, 7) is 2.91. The van der Waals surface area contributed by atoms with Gasteiger partial charge in [-0.1, -0.05) is 58.4 Å². The van der Waals surface area contributed by atoms with E-state index in [1.807, 2.05) is 18.2 Å². The van der Waals surface area contributed by atoms with Crippen molar-refractivity contribution in [1.82, 2.24) is 0 Å². The molecule has 1 aliphatic heterocycles. The fourth-order valence-electron chi connectivity index (χ4n) is 3.21. The fourth-order valence-corrected chi connectivity index (χ4v) is 3.96. The largest absolute Gasteiger partial charge is 0.462 e. The standard InChI is InChI=1S/C23H19BrClFO5/c1-3-29-22(28)19-20(26)31-14(2)18(21(27)30-13-15-7-5-4-6-8-15)23(19,25)16-9-11-17(24)12-10-16/h4-12H,3,13H2,1-2H3. The van der Waals surface area contributed by atoms with Gasteiger partial charge >= 0.3 is 11.9 Å². The second-order valence-electron chi connectivity index (χ2n) is 6.63. The van der Waals surface area contributed by atoms with Crippen molar-refractivity contribution in [1.29, 1.82) is 0 Å². The van der Waals surface area contributed by atoms with Crippen LogP contribution in [0.1, 0.15) is 25.0 Å². The van der Waals surface area contributed by atoms with Crippen LogP contribution in [0.5, 0.6) is 0 Å². The average Bonchev–Trinajstić information content (AvgIpc) is 2.73. The lowest BCUT2D eigenvalue weighted by Gasteiger charge is -2.34. The summed E-state index contributed by atoms with van der Waals surface area (Å²) in [5.74, 6) is -1.98. The highest BCUT2D eigenvalue weighted by atomic mass is 79.9. The molecular formula is C23H19BrClFO5. The summed E-state index contributed by atoms with van der Waals surface area (Å²) in [6.07, 6.45) is 0. The van der Waals surface area contributed by atoms with Gasteiger partial charge < -0.3 is 14.2 Å². The van der Waals surface area contributed by atoms with Crippen LogP contribution in [0.4, 0.5) is 4.39 Å². The zero-order valence-electron chi connectivity index (χ0n) is 16.8. The lowest BCUT2D eigenvalue weighted by Crippen LogP contribution is -2.38. The molecule has 5 nitrogen and oxygen atoms in total. The number of carbonyl (C=O) groups is 2. The van der Waals surface area contributed by atoms with Gasteiger partial charge in [-0.15, -0.1) is 11.6 Å². The zero-order valence-corrected chi connectivity index (χ0v) is 19.1. The van der Waals surface area contributed by atoms with Gasteiger partial charge in [-0.2, -0.15) is 4.39 Å². The summed E-state index contributed by atoms with van der Waals surface area (Å²) in [5, 5.41) is 0. The number of hydrogen-bond donors (Lipinski definition) is 0. The summed E-state index contributed by atoms with van der Waals surface area (Å²) >= 11 is 10.3. The van der Waals surface area contributed by atoms with E-state index in [9.17, 15) is 14.0 Å². The van der Waals surface area contributed by atoms with Gasteiger partial charge in [-0.05, 0) is 37.1 Å². The highest BCUT2D eigenvalue weighted by Gasteiger charge is 2.53. The second-order valence-corrected chi connectivity index (χ2v) is 8.11. The molecule has 8 heteroatoms. The van der Waals surface area contributed by atoms with Crippen LogP contribution in [-0.4, -0.2) is 18.5 Å². The van der Waals surface area contributed by atoms with Gasteiger partial charge in [0.2, 0.25) is 0 Å². The Morgan fingerprint density at radius 2 is 1.65 bits per heavy atom. The molecule has 0 N–H and O–H groups in total. The van der Waals surface area contributed by atoms with Crippen molar-refractivity contribution in [2.45, 2.75) is 25.3 Å². The van der Waals surface area contributed by atoms with Gasteiger partial charge in [-0.3, -0.25) is 0 Å². The Kier molecular flexibility index (Phi) is 7.18. The maximum absolute atomic E-state index is 14.9. The molecule has 1 aliphatic rings. The Morgan fingerprint density at radius 3 is 2.26 bits per heavy atom. The van der Waals surface area contributed by atoms with E-state index >= 15 is 0 Å². The van der Waals surface area contributed by atoms with Crippen LogP contribution < -0.4 is 0 Å². The van der Waals surface area contributed by atoms with Gasteiger partial charge in [0.1, 0.15) is 28.4 Å². The first-order chi connectivity index (χ1) is 14.8. The molecule has 0 spiro atoms. The van der Waals surface area contributed by atoms with Crippen molar-refractivity contribution in [3.63, 3.8) is 0 Å². The van der Waals surface area contributed by atoms with E-state index in [2.05, 4.69) is 15.9 Å². The highest BCUT2D eigenvalue weighted by Crippen LogP contribution is 2.50. The van der Waals surface area contributed by atoms with Gasteiger partial charge in [0, 0.05) is 4.47 Å². The summed E-state index contributed by atoms with van der Waals surface area (Å²) in [4.78, 5) is 23.8. The summed E-state index contributed by atoms with van der Waals surface area (Å²) in [6, 6.07) is 14.3. The third-order valence-electron chi connectivity index (χ3n) is 4.62. The van der Waals surface area contributed by atoms with Gasteiger partial charge in [0.05, 0.1) is 6.61 Å². The van der Waals surface area contributed by atoms with Crippen molar-refractivity contribution >= 4 is 39.5 Å². The smallest absolute Gasteiger partial charge is 0.342 e. The molecule has 0 saturated heterocycles. The molecule has 1 atom stereocenters. The number of esters is 2. The average molecular weight is 510 g/mol. The summed E-state index contributed by atoms with van der Waals surface area (Å²) in [5.41, 5.74) is 0.222. The number of hydrogen-bond acceptors (Lipinski definition) is 5. The van der Waals surface area contributed by atoms with Gasteiger partial charge in [0.15, 0.2) is 0 Å².